The molecular weight excluding hydrogens is 470 g/mol. The fourth-order valence-electron chi connectivity index (χ4n) is 3.29. The van der Waals surface area contributed by atoms with Gasteiger partial charge in [0.25, 0.3) is 5.91 Å². The molecule has 0 aromatic heterocycles. The van der Waals surface area contributed by atoms with Crippen LogP contribution < -0.4 is 15.4 Å². The molecule has 3 aromatic rings. The maximum Gasteiger partial charge on any atom is 0.321 e. The van der Waals surface area contributed by atoms with Crippen LogP contribution in [0.5, 0.6) is 0 Å². The summed E-state index contributed by atoms with van der Waals surface area (Å²) in [6.45, 7) is 0. The average molecular weight is 496 g/mol. The SMILES string of the molecule is CNC(=O)c1ccc(NC(=O)CC[C@H](NS(=O)(=O)c2ccc(-c3ccccc3)cc2)C(=O)O)cc1. The van der Waals surface area contributed by atoms with E-state index in [1.165, 1.54) is 31.3 Å². The molecule has 1 atom stereocenters. The number of carboxylic acid groups (broad SMARTS) is 1. The van der Waals surface area contributed by atoms with Crippen LogP contribution in [0.3, 0.4) is 0 Å². The third-order valence-corrected chi connectivity index (χ3v) is 6.67. The first-order chi connectivity index (χ1) is 16.7. The molecule has 0 bridgehead atoms. The highest BCUT2D eigenvalue weighted by Crippen LogP contribution is 2.21. The molecule has 0 aliphatic heterocycles. The Hall–Kier alpha value is -4.02. The lowest BCUT2D eigenvalue weighted by Crippen LogP contribution is -2.41. The Labute approximate surface area is 203 Å². The first kappa shape index (κ1) is 25.6. The number of hydrogen-bond acceptors (Lipinski definition) is 5. The van der Waals surface area contributed by atoms with Gasteiger partial charge in [0.2, 0.25) is 15.9 Å². The molecule has 2 amide bonds. The summed E-state index contributed by atoms with van der Waals surface area (Å²) < 4.78 is 27.6. The number of nitrogens with one attached hydrogen (secondary N) is 3. The van der Waals surface area contributed by atoms with Crippen LogP contribution in [0.4, 0.5) is 5.69 Å². The Bertz CT molecular complexity index is 1290. The molecule has 0 fully saturated rings. The minimum Gasteiger partial charge on any atom is -0.480 e. The number of amides is 2. The van der Waals surface area contributed by atoms with Gasteiger partial charge in [0.15, 0.2) is 0 Å². The molecule has 4 N–H and O–H groups in total. The van der Waals surface area contributed by atoms with Crippen LogP contribution in [-0.2, 0) is 19.6 Å². The van der Waals surface area contributed by atoms with Gasteiger partial charge in [0, 0.05) is 24.7 Å². The second-order valence-electron chi connectivity index (χ2n) is 7.65. The number of sulfonamides is 1. The summed E-state index contributed by atoms with van der Waals surface area (Å²) in [5.41, 5.74) is 2.58. The summed E-state index contributed by atoms with van der Waals surface area (Å²) in [6, 6.07) is 20.1. The zero-order valence-corrected chi connectivity index (χ0v) is 19.7. The van der Waals surface area contributed by atoms with Gasteiger partial charge in [0.05, 0.1) is 4.90 Å². The highest BCUT2D eigenvalue weighted by molar-refractivity contribution is 7.89. The van der Waals surface area contributed by atoms with Gasteiger partial charge in [-0.25, -0.2) is 8.42 Å². The number of aliphatic carboxylic acids is 1. The molecule has 0 heterocycles. The molecule has 35 heavy (non-hydrogen) atoms. The number of benzene rings is 3. The van der Waals surface area contributed by atoms with E-state index in [0.29, 0.717) is 11.3 Å². The Balaban J connectivity index is 1.60. The van der Waals surface area contributed by atoms with Crippen molar-refractivity contribution in [1.29, 1.82) is 0 Å². The standard InChI is InChI=1S/C25H25N3O6S/c1-26-24(30)19-7-11-20(12-8-19)27-23(29)16-15-22(25(31)32)28-35(33,34)21-13-9-18(10-14-21)17-5-3-2-4-6-17/h2-14,22,28H,15-16H2,1H3,(H,26,30)(H,27,29)(H,31,32)/t22-/m0/s1. The molecule has 0 unspecified atom stereocenters. The largest absolute Gasteiger partial charge is 0.480 e. The Kier molecular flexibility index (Phi) is 8.34. The first-order valence-electron chi connectivity index (χ1n) is 10.7. The van der Waals surface area contributed by atoms with E-state index in [-0.39, 0.29) is 23.6 Å². The predicted octanol–water partition coefficient (Wildman–Crippen LogP) is 2.86. The number of anilines is 1. The van der Waals surface area contributed by atoms with Gasteiger partial charge in [-0.05, 0) is 53.9 Å². The molecule has 0 radical (unpaired) electrons. The predicted molar refractivity (Wildman–Crippen MR) is 131 cm³/mol. The van der Waals surface area contributed by atoms with E-state index in [9.17, 15) is 27.9 Å². The molecule has 9 nitrogen and oxygen atoms in total. The molecule has 3 rings (SSSR count). The van der Waals surface area contributed by atoms with Crippen molar-refractivity contribution < 1.29 is 27.9 Å². The molecule has 3 aromatic carbocycles. The van der Waals surface area contributed by atoms with Crippen molar-refractivity contribution in [2.45, 2.75) is 23.8 Å². The summed E-state index contributed by atoms with van der Waals surface area (Å²) in [6.07, 6.45) is -0.484. The van der Waals surface area contributed by atoms with Crippen LogP contribution in [-0.4, -0.2) is 44.4 Å². The monoisotopic (exact) mass is 495 g/mol. The van der Waals surface area contributed by atoms with Crippen molar-refractivity contribution in [3.05, 3.63) is 84.4 Å². The summed E-state index contributed by atoms with van der Waals surface area (Å²) in [4.78, 5) is 35.4. The number of carboxylic acids is 1. The number of hydrogen-bond donors (Lipinski definition) is 4. The van der Waals surface area contributed by atoms with Crippen molar-refractivity contribution in [3.8, 4) is 11.1 Å². The lowest BCUT2D eigenvalue weighted by Gasteiger charge is -2.15. The zero-order chi connectivity index (χ0) is 25.4. The van der Waals surface area contributed by atoms with E-state index >= 15 is 0 Å². The number of carbonyl (C=O) groups is 3. The van der Waals surface area contributed by atoms with E-state index in [2.05, 4.69) is 15.4 Å². The highest BCUT2D eigenvalue weighted by atomic mass is 32.2. The first-order valence-corrected chi connectivity index (χ1v) is 12.2. The van der Waals surface area contributed by atoms with Crippen LogP contribution in [0, 0.1) is 0 Å². The van der Waals surface area contributed by atoms with E-state index in [0.717, 1.165) is 11.1 Å². The summed E-state index contributed by atoms with van der Waals surface area (Å²) in [5, 5.41) is 14.6. The minimum absolute atomic E-state index is 0.0795. The van der Waals surface area contributed by atoms with Gasteiger partial charge in [-0.15, -0.1) is 0 Å². The van der Waals surface area contributed by atoms with Gasteiger partial charge in [-0.1, -0.05) is 42.5 Å². The zero-order valence-electron chi connectivity index (χ0n) is 18.9. The normalized spacial score (nSPS) is 11.9. The molecule has 0 aliphatic carbocycles. The second-order valence-corrected chi connectivity index (χ2v) is 9.36. The lowest BCUT2D eigenvalue weighted by atomic mass is 10.1. The van der Waals surface area contributed by atoms with Crippen LogP contribution in [0.25, 0.3) is 11.1 Å². The Morgan fingerprint density at radius 1 is 0.857 bits per heavy atom. The quantitative estimate of drug-likeness (QED) is 0.341. The average Bonchev–Trinajstić information content (AvgIpc) is 2.87. The summed E-state index contributed by atoms with van der Waals surface area (Å²) in [7, 11) is -2.62. The summed E-state index contributed by atoms with van der Waals surface area (Å²) >= 11 is 0. The molecule has 0 saturated carbocycles. The highest BCUT2D eigenvalue weighted by Gasteiger charge is 2.26. The van der Waals surface area contributed by atoms with Gasteiger partial charge < -0.3 is 15.7 Å². The van der Waals surface area contributed by atoms with Crippen LogP contribution in [0.15, 0.2) is 83.8 Å². The molecule has 0 saturated heterocycles. The fraction of sp³-hybridized carbons (Fsp3) is 0.160. The van der Waals surface area contributed by atoms with Gasteiger partial charge in [-0.3, -0.25) is 14.4 Å². The Morgan fingerprint density at radius 2 is 1.46 bits per heavy atom. The maximum absolute atomic E-state index is 12.7. The second kappa shape index (κ2) is 11.4. The third-order valence-electron chi connectivity index (χ3n) is 5.19. The minimum atomic E-state index is -4.13. The van der Waals surface area contributed by atoms with Crippen molar-refractivity contribution in [3.63, 3.8) is 0 Å². The van der Waals surface area contributed by atoms with E-state index < -0.39 is 27.9 Å². The topological polar surface area (TPSA) is 142 Å². The molecular formula is C25H25N3O6S. The lowest BCUT2D eigenvalue weighted by molar-refractivity contribution is -0.139. The maximum atomic E-state index is 12.7. The number of carbonyl (C=O) groups excluding carboxylic acids is 2. The molecule has 0 spiro atoms. The van der Waals surface area contributed by atoms with E-state index in [1.807, 2.05) is 30.3 Å². The van der Waals surface area contributed by atoms with Crippen molar-refractivity contribution in [2.24, 2.45) is 0 Å². The van der Waals surface area contributed by atoms with Crippen molar-refractivity contribution in [2.75, 3.05) is 12.4 Å². The van der Waals surface area contributed by atoms with E-state index in [1.54, 1.807) is 24.3 Å². The Morgan fingerprint density at radius 3 is 2.03 bits per heavy atom. The smallest absolute Gasteiger partial charge is 0.321 e. The van der Waals surface area contributed by atoms with Crippen LogP contribution >= 0.6 is 0 Å². The van der Waals surface area contributed by atoms with Crippen molar-refractivity contribution >= 4 is 33.5 Å². The van der Waals surface area contributed by atoms with Gasteiger partial charge >= 0.3 is 5.97 Å². The van der Waals surface area contributed by atoms with Crippen LogP contribution in [0.2, 0.25) is 0 Å². The molecule has 182 valence electrons. The third kappa shape index (κ3) is 6.98. The van der Waals surface area contributed by atoms with Crippen molar-refractivity contribution in [1.82, 2.24) is 10.0 Å². The van der Waals surface area contributed by atoms with Crippen LogP contribution in [0.1, 0.15) is 23.2 Å². The van der Waals surface area contributed by atoms with Gasteiger partial charge in [0.1, 0.15) is 6.04 Å². The summed E-state index contributed by atoms with van der Waals surface area (Å²) in [5.74, 6) is -2.15. The molecule has 0 aliphatic rings. The van der Waals surface area contributed by atoms with Gasteiger partial charge in [-0.2, -0.15) is 4.72 Å². The number of rotatable bonds is 10. The fourth-order valence-corrected chi connectivity index (χ4v) is 4.52. The van der Waals surface area contributed by atoms with E-state index in [4.69, 9.17) is 0 Å². The molecule has 10 heteroatoms.